The van der Waals surface area contributed by atoms with E-state index >= 15 is 0 Å². The average molecular weight is 245 g/mol. The second-order valence-corrected chi connectivity index (χ2v) is 5.57. The first-order chi connectivity index (χ1) is 7.54. The number of hydrogen-bond donors (Lipinski definition) is 2. The number of ether oxygens (including phenoxy) is 1. The Morgan fingerprint density at radius 3 is 2.06 bits per heavy atom. The SMILES string of the molecule is CC(C)C(N)C[C@H](C(=O)O)C(=O)OC(C)(C)C. The first kappa shape index (κ1) is 15.9. The molecule has 0 aromatic heterocycles. The van der Waals surface area contributed by atoms with Gasteiger partial charge in [-0.15, -0.1) is 0 Å². The molecule has 0 spiro atoms. The highest BCUT2D eigenvalue weighted by atomic mass is 16.6. The molecule has 0 rings (SSSR count). The standard InChI is InChI=1S/C12H23NO4/c1-7(2)9(13)6-8(10(14)15)11(16)17-12(3,4)5/h7-9H,6,13H2,1-5H3,(H,14,15)/t8-,9?/m1/s1. The first-order valence-corrected chi connectivity index (χ1v) is 5.76. The van der Waals surface area contributed by atoms with E-state index in [9.17, 15) is 9.59 Å². The van der Waals surface area contributed by atoms with Crippen LogP contribution in [0.4, 0.5) is 0 Å². The maximum absolute atomic E-state index is 11.7. The molecule has 0 heterocycles. The van der Waals surface area contributed by atoms with Gasteiger partial charge < -0.3 is 15.6 Å². The fourth-order valence-electron chi connectivity index (χ4n) is 1.22. The van der Waals surface area contributed by atoms with Gasteiger partial charge in [0.15, 0.2) is 5.92 Å². The summed E-state index contributed by atoms with van der Waals surface area (Å²) in [6, 6.07) is -0.330. The van der Waals surface area contributed by atoms with Crippen LogP contribution < -0.4 is 5.73 Å². The lowest BCUT2D eigenvalue weighted by Gasteiger charge is -2.24. The fourth-order valence-corrected chi connectivity index (χ4v) is 1.22. The Kier molecular flexibility index (Phi) is 5.61. The average Bonchev–Trinajstić information content (AvgIpc) is 2.09. The summed E-state index contributed by atoms with van der Waals surface area (Å²) in [6.45, 7) is 8.88. The van der Waals surface area contributed by atoms with Crippen molar-refractivity contribution in [3.63, 3.8) is 0 Å². The van der Waals surface area contributed by atoms with Crippen LogP contribution in [0.25, 0.3) is 0 Å². The van der Waals surface area contributed by atoms with Gasteiger partial charge >= 0.3 is 11.9 Å². The maximum atomic E-state index is 11.7. The van der Waals surface area contributed by atoms with Gasteiger partial charge in [0.1, 0.15) is 5.60 Å². The Bertz CT molecular complexity index is 281. The molecule has 0 saturated heterocycles. The molecule has 0 aromatic carbocycles. The fraction of sp³-hybridized carbons (Fsp3) is 0.833. The second kappa shape index (κ2) is 6.00. The number of carboxylic acids is 1. The van der Waals surface area contributed by atoms with Crippen molar-refractivity contribution in [3.8, 4) is 0 Å². The molecule has 17 heavy (non-hydrogen) atoms. The molecule has 100 valence electrons. The number of rotatable bonds is 5. The Balaban J connectivity index is 4.64. The summed E-state index contributed by atoms with van der Waals surface area (Å²) in [7, 11) is 0. The van der Waals surface area contributed by atoms with Crippen LogP contribution >= 0.6 is 0 Å². The van der Waals surface area contributed by atoms with E-state index < -0.39 is 23.5 Å². The van der Waals surface area contributed by atoms with Crippen molar-refractivity contribution in [2.75, 3.05) is 0 Å². The zero-order valence-corrected chi connectivity index (χ0v) is 11.2. The van der Waals surface area contributed by atoms with Crippen molar-refractivity contribution in [3.05, 3.63) is 0 Å². The molecule has 0 saturated carbocycles. The smallest absolute Gasteiger partial charge is 0.320 e. The monoisotopic (exact) mass is 245 g/mol. The van der Waals surface area contributed by atoms with Gasteiger partial charge in [0.25, 0.3) is 0 Å². The topological polar surface area (TPSA) is 89.6 Å². The minimum atomic E-state index is -1.19. The zero-order chi connectivity index (χ0) is 13.8. The van der Waals surface area contributed by atoms with Gasteiger partial charge in [0.05, 0.1) is 0 Å². The summed E-state index contributed by atoms with van der Waals surface area (Å²) in [5, 5.41) is 9.01. The molecule has 1 unspecified atom stereocenters. The van der Waals surface area contributed by atoms with E-state index in [1.165, 1.54) is 0 Å². The minimum absolute atomic E-state index is 0.0991. The molecular weight excluding hydrogens is 222 g/mol. The summed E-state index contributed by atoms with van der Waals surface area (Å²) < 4.78 is 5.07. The number of aliphatic carboxylic acids is 1. The molecule has 0 aliphatic carbocycles. The maximum Gasteiger partial charge on any atom is 0.320 e. The van der Waals surface area contributed by atoms with Crippen molar-refractivity contribution in [1.82, 2.24) is 0 Å². The Morgan fingerprint density at radius 1 is 1.29 bits per heavy atom. The van der Waals surface area contributed by atoms with Crippen LogP contribution in [0.5, 0.6) is 0 Å². The first-order valence-electron chi connectivity index (χ1n) is 5.76. The third-order valence-corrected chi connectivity index (χ3v) is 2.35. The van der Waals surface area contributed by atoms with Gasteiger partial charge in [0.2, 0.25) is 0 Å². The quantitative estimate of drug-likeness (QED) is 0.564. The number of carbonyl (C=O) groups excluding carboxylic acids is 1. The predicted octanol–water partition coefficient (Wildman–Crippen LogP) is 1.40. The zero-order valence-electron chi connectivity index (χ0n) is 11.2. The Hall–Kier alpha value is -1.10. The molecule has 0 aliphatic heterocycles. The van der Waals surface area contributed by atoms with Crippen LogP contribution in [-0.2, 0) is 14.3 Å². The van der Waals surface area contributed by atoms with E-state index in [2.05, 4.69) is 0 Å². The minimum Gasteiger partial charge on any atom is -0.481 e. The van der Waals surface area contributed by atoms with Crippen LogP contribution in [0.15, 0.2) is 0 Å². The number of carbonyl (C=O) groups is 2. The van der Waals surface area contributed by atoms with Crippen molar-refractivity contribution >= 4 is 11.9 Å². The van der Waals surface area contributed by atoms with Crippen LogP contribution in [0.1, 0.15) is 41.0 Å². The number of esters is 1. The van der Waals surface area contributed by atoms with Gasteiger partial charge in [0, 0.05) is 6.04 Å². The van der Waals surface area contributed by atoms with Crippen LogP contribution in [0, 0.1) is 11.8 Å². The molecule has 2 atom stereocenters. The summed E-state index contributed by atoms with van der Waals surface area (Å²) in [6.07, 6.45) is 0.0991. The summed E-state index contributed by atoms with van der Waals surface area (Å²) in [5.41, 5.74) is 5.10. The lowest BCUT2D eigenvalue weighted by Crippen LogP contribution is -2.38. The van der Waals surface area contributed by atoms with Crippen molar-refractivity contribution in [1.29, 1.82) is 0 Å². The van der Waals surface area contributed by atoms with Gasteiger partial charge in [-0.1, -0.05) is 13.8 Å². The van der Waals surface area contributed by atoms with Crippen LogP contribution in [0.2, 0.25) is 0 Å². The third-order valence-electron chi connectivity index (χ3n) is 2.35. The molecular formula is C12H23NO4. The lowest BCUT2D eigenvalue weighted by atomic mass is 9.93. The van der Waals surface area contributed by atoms with Gasteiger partial charge in [-0.25, -0.2) is 0 Å². The second-order valence-electron chi connectivity index (χ2n) is 5.57. The van der Waals surface area contributed by atoms with Gasteiger partial charge in [-0.3, -0.25) is 9.59 Å². The molecule has 3 N–H and O–H groups in total. The Morgan fingerprint density at radius 2 is 1.76 bits per heavy atom. The normalized spacial score (nSPS) is 15.5. The molecule has 0 radical (unpaired) electrons. The lowest BCUT2D eigenvalue weighted by molar-refractivity contribution is -0.167. The van der Waals surface area contributed by atoms with E-state index in [0.717, 1.165) is 0 Å². The number of hydrogen-bond acceptors (Lipinski definition) is 4. The van der Waals surface area contributed by atoms with E-state index in [4.69, 9.17) is 15.6 Å². The molecule has 0 aromatic rings. The summed E-state index contributed by atoms with van der Waals surface area (Å²) in [4.78, 5) is 22.7. The highest BCUT2D eigenvalue weighted by Gasteiger charge is 2.33. The number of nitrogens with two attached hydrogens (primary N) is 1. The van der Waals surface area contributed by atoms with E-state index in [1.54, 1.807) is 20.8 Å². The van der Waals surface area contributed by atoms with Crippen LogP contribution in [-0.4, -0.2) is 28.7 Å². The summed E-state index contributed by atoms with van der Waals surface area (Å²) in [5.74, 6) is -2.97. The molecule has 5 nitrogen and oxygen atoms in total. The highest BCUT2D eigenvalue weighted by Crippen LogP contribution is 2.17. The molecule has 0 fully saturated rings. The van der Waals surface area contributed by atoms with E-state index in [0.29, 0.717) is 0 Å². The summed E-state index contributed by atoms with van der Waals surface area (Å²) >= 11 is 0. The molecule has 0 bridgehead atoms. The van der Waals surface area contributed by atoms with Gasteiger partial charge in [-0.2, -0.15) is 0 Å². The largest absolute Gasteiger partial charge is 0.481 e. The number of carboxylic acid groups (broad SMARTS) is 1. The highest BCUT2D eigenvalue weighted by molar-refractivity contribution is 5.94. The van der Waals surface area contributed by atoms with Crippen molar-refractivity contribution in [2.24, 2.45) is 17.6 Å². The van der Waals surface area contributed by atoms with Gasteiger partial charge in [-0.05, 0) is 33.1 Å². The molecule has 5 heteroatoms. The third kappa shape index (κ3) is 6.26. The van der Waals surface area contributed by atoms with Crippen LogP contribution in [0.3, 0.4) is 0 Å². The molecule has 0 amide bonds. The molecule has 0 aliphatic rings. The Labute approximate surface area is 102 Å². The van der Waals surface area contributed by atoms with Crippen molar-refractivity contribution in [2.45, 2.75) is 52.7 Å². The van der Waals surface area contributed by atoms with E-state index in [-0.39, 0.29) is 18.4 Å². The predicted molar refractivity (Wildman–Crippen MR) is 64.4 cm³/mol. The van der Waals surface area contributed by atoms with E-state index in [1.807, 2.05) is 13.8 Å². The van der Waals surface area contributed by atoms with Crippen molar-refractivity contribution < 1.29 is 19.4 Å².